The predicted molar refractivity (Wildman–Crippen MR) is 106 cm³/mol. The Morgan fingerprint density at radius 1 is 1.31 bits per heavy atom. The summed E-state index contributed by atoms with van der Waals surface area (Å²) in [7, 11) is -3.11. The first-order valence-electron chi connectivity index (χ1n) is 8.62. The second-order valence-corrected chi connectivity index (χ2v) is 9.20. The molecule has 0 spiro atoms. The van der Waals surface area contributed by atoms with Gasteiger partial charge in [-0.3, -0.25) is 4.79 Å². The van der Waals surface area contributed by atoms with Gasteiger partial charge in [-0.05, 0) is 37.5 Å². The molecule has 0 aliphatic carbocycles. The minimum Gasteiger partial charge on any atom is -0.490 e. The molecule has 8 heteroatoms. The van der Waals surface area contributed by atoms with E-state index in [9.17, 15) is 13.2 Å². The average molecular weight is 405 g/mol. The van der Waals surface area contributed by atoms with Crippen LogP contribution in [0.4, 0.5) is 0 Å². The molecule has 2 N–H and O–H groups in total. The molecule has 1 aromatic carbocycles. The number of likely N-dealkylation sites (tertiary alicyclic amines) is 1. The number of carbonyl (C=O) groups excluding carboxylic acids is 1. The number of rotatable bonds is 6. The fraction of sp³-hybridized carbons (Fsp3) is 0.611. The summed E-state index contributed by atoms with van der Waals surface area (Å²) in [6.07, 6.45) is 2.89. The maximum atomic E-state index is 12.3. The number of ether oxygens (including phenoxy) is 1. The van der Waals surface area contributed by atoms with Crippen LogP contribution in [-0.4, -0.2) is 56.5 Å². The smallest absolute Gasteiger partial charge is 0.239 e. The van der Waals surface area contributed by atoms with Crippen molar-refractivity contribution in [3.05, 3.63) is 29.3 Å². The zero-order valence-corrected chi connectivity index (χ0v) is 17.2. The zero-order chi connectivity index (χ0) is 18.6. The van der Waals surface area contributed by atoms with Crippen molar-refractivity contribution >= 4 is 28.2 Å². The molecule has 0 saturated carbocycles. The lowest BCUT2D eigenvalue weighted by Gasteiger charge is -2.34. The first-order valence-corrected chi connectivity index (χ1v) is 10.7. The second kappa shape index (κ2) is 9.58. The Kier molecular flexibility index (Phi) is 8.37. The van der Waals surface area contributed by atoms with Gasteiger partial charge in [-0.1, -0.05) is 12.1 Å². The van der Waals surface area contributed by atoms with Crippen molar-refractivity contribution in [1.29, 1.82) is 0 Å². The van der Waals surface area contributed by atoms with Gasteiger partial charge in [-0.15, -0.1) is 12.4 Å². The van der Waals surface area contributed by atoms with Crippen molar-refractivity contribution in [1.82, 2.24) is 4.90 Å². The first-order chi connectivity index (χ1) is 11.7. The molecule has 1 aliphatic heterocycles. The number of halogens is 1. The summed E-state index contributed by atoms with van der Waals surface area (Å²) in [5.41, 5.74) is 8.12. The van der Waals surface area contributed by atoms with Crippen LogP contribution in [0.25, 0.3) is 0 Å². The number of nitrogens with two attached hydrogens (primary N) is 1. The van der Waals surface area contributed by atoms with Crippen LogP contribution in [0.15, 0.2) is 18.2 Å². The number of hydrogen-bond donors (Lipinski definition) is 1. The topological polar surface area (TPSA) is 89.7 Å². The van der Waals surface area contributed by atoms with Gasteiger partial charge in [0.2, 0.25) is 5.91 Å². The highest BCUT2D eigenvalue weighted by Gasteiger charge is 2.27. The van der Waals surface area contributed by atoms with Crippen molar-refractivity contribution in [3.63, 3.8) is 0 Å². The van der Waals surface area contributed by atoms with E-state index in [-0.39, 0.29) is 36.6 Å². The van der Waals surface area contributed by atoms with Crippen molar-refractivity contribution in [2.24, 2.45) is 5.73 Å². The highest BCUT2D eigenvalue weighted by Crippen LogP contribution is 2.24. The van der Waals surface area contributed by atoms with E-state index in [0.717, 1.165) is 36.0 Å². The van der Waals surface area contributed by atoms with E-state index in [2.05, 4.69) is 6.07 Å². The number of aryl methyl sites for hydroxylation is 2. The summed E-state index contributed by atoms with van der Waals surface area (Å²) in [6.45, 7) is 5.22. The molecule has 148 valence electrons. The Hall–Kier alpha value is -1.31. The minimum absolute atomic E-state index is 0. The largest absolute Gasteiger partial charge is 0.490 e. The SMILES string of the molecule is Cc1ccc(C)c(OC2CCN(C(=O)C(N)CCS(C)(=O)=O)CC2)c1.Cl. The quantitative estimate of drug-likeness (QED) is 0.781. The molecular formula is C18H29ClN2O4S. The van der Waals surface area contributed by atoms with Crippen LogP contribution in [0.2, 0.25) is 0 Å². The van der Waals surface area contributed by atoms with Crippen molar-refractivity contribution < 1.29 is 17.9 Å². The molecule has 2 rings (SSSR count). The normalized spacial score (nSPS) is 16.7. The lowest BCUT2D eigenvalue weighted by atomic mass is 10.1. The lowest BCUT2D eigenvalue weighted by Crippen LogP contribution is -2.49. The fourth-order valence-corrected chi connectivity index (χ4v) is 3.59. The third kappa shape index (κ3) is 6.78. The molecule has 1 heterocycles. The van der Waals surface area contributed by atoms with E-state index in [4.69, 9.17) is 10.5 Å². The minimum atomic E-state index is -3.11. The first kappa shape index (κ1) is 22.7. The Morgan fingerprint density at radius 2 is 1.92 bits per heavy atom. The fourth-order valence-electron chi connectivity index (χ4n) is 2.91. The van der Waals surface area contributed by atoms with E-state index in [1.54, 1.807) is 4.90 Å². The summed E-state index contributed by atoms with van der Waals surface area (Å²) < 4.78 is 28.5. The molecule has 1 fully saturated rings. The molecule has 0 aromatic heterocycles. The van der Waals surface area contributed by atoms with Crippen LogP contribution in [-0.2, 0) is 14.6 Å². The number of amides is 1. The molecule has 1 unspecified atom stereocenters. The number of hydrogen-bond acceptors (Lipinski definition) is 5. The Morgan fingerprint density at radius 3 is 2.50 bits per heavy atom. The van der Waals surface area contributed by atoms with Gasteiger partial charge in [0.25, 0.3) is 0 Å². The zero-order valence-electron chi connectivity index (χ0n) is 15.6. The van der Waals surface area contributed by atoms with Crippen molar-refractivity contribution in [2.45, 2.75) is 45.3 Å². The summed E-state index contributed by atoms with van der Waals surface area (Å²) >= 11 is 0. The van der Waals surface area contributed by atoms with Crippen LogP contribution in [0.5, 0.6) is 5.75 Å². The Balaban J connectivity index is 0.00000338. The highest BCUT2D eigenvalue weighted by atomic mass is 35.5. The van der Waals surface area contributed by atoms with Gasteiger partial charge >= 0.3 is 0 Å². The Labute approximate surface area is 162 Å². The molecule has 1 atom stereocenters. The molecular weight excluding hydrogens is 376 g/mol. The maximum Gasteiger partial charge on any atom is 0.239 e. The van der Waals surface area contributed by atoms with Crippen LogP contribution in [0, 0.1) is 13.8 Å². The van der Waals surface area contributed by atoms with Gasteiger partial charge in [0.1, 0.15) is 21.7 Å². The van der Waals surface area contributed by atoms with Gasteiger partial charge in [-0.25, -0.2) is 8.42 Å². The van der Waals surface area contributed by atoms with Crippen LogP contribution in [0.3, 0.4) is 0 Å². The molecule has 0 bridgehead atoms. The number of sulfone groups is 1. The van der Waals surface area contributed by atoms with Crippen molar-refractivity contribution in [2.75, 3.05) is 25.1 Å². The van der Waals surface area contributed by atoms with Crippen LogP contribution < -0.4 is 10.5 Å². The standard InChI is InChI=1S/C18H28N2O4S.ClH/c1-13-4-5-14(2)17(12-13)24-15-6-9-20(10-7-15)18(21)16(19)8-11-25(3,22)23;/h4-5,12,15-16H,6-11,19H2,1-3H3;1H. The second-order valence-electron chi connectivity index (χ2n) is 6.94. The van der Waals surface area contributed by atoms with Gasteiger partial charge in [-0.2, -0.15) is 0 Å². The molecule has 1 saturated heterocycles. The van der Waals surface area contributed by atoms with E-state index in [0.29, 0.717) is 13.1 Å². The van der Waals surface area contributed by atoms with Crippen LogP contribution >= 0.6 is 12.4 Å². The predicted octanol–water partition coefficient (Wildman–Crippen LogP) is 1.86. The third-order valence-corrected chi connectivity index (χ3v) is 5.49. The maximum absolute atomic E-state index is 12.3. The summed E-state index contributed by atoms with van der Waals surface area (Å²) in [4.78, 5) is 14.1. The van der Waals surface area contributed by atoms with Gasteiger partial charge in [0.05, 0.1) is 11.8 Å². The number of piperidine rings is 1. The van der Waals surface area contributed by atoms with Gasteiger partial charge in [0.15, 0.2) is 0 Å². The van der Waals surface area contributed by atoms with Crippen molar-refractivity contribution in [3.8, 4) is 5.75 Å². The molecule has 26 heavy (non-hydrogen) atoms. The molecule has 0 radical (unpaired) electrons. The molecule has 6 nitrogen and oxygen atoms in total. The molecule has 1 amide bonds. The number of nitrogens with zero attached hydrogens (tertiary/aromatic N) is 1. The van der Waals surface area contributed by atoms with Gasteiger partial charge < -0.3 is 15.4 Å². The lowest BCUT2D eigenvalue weighted by molar-refractivity contribution is -0.134. The molecule has 1 aromatic rings. The van der Waals surface area contributed by atoms with Gasteiger partial charge in [0, 0.05) is 32.2 Å². The monoisotopic (exact) mass is 404 g/mol. The highest BCUT2D eigenvalue weighted by molar-refractivity contribution is 7.90. The van der Waals surface area contributed by atoms with E-state index < -0.39 is 15.9 Å². The van der Waals surface area contributed by atoms with Crippen LogP contribution in [0.1, 0.15) is 30.4 Å². The Bertz CT molecular complexity index is 716. The van der Waals surface area contributed by atoms with E-state index in [1.165, 1.54) is 0 Å². The molecule has 1 aliphatic rings. The summed E-state index contributed by atoms with van der Waals surface area (Å²) in [6, 6.07) is 5.38. The summed E-state index contributed by atoms with van der Waals surface area (Å²) in [5, 5.41) is 0. The number of benzene rings is 1. The number of carbonyl (C=O) groups is 1. The summed E-state index contributed by atoms with van der Waals surface area (Å²) in [5.74, 6) is 0.662. The third-order valence-electron chi connectivity index (χ3n) is 4.51. The van der Waals surface area contributed by atoms with E-state index in [1.807, 2.05) is 26.0 Å². The average Bonchev–Trinajstić information content (AvgIpc) is 2.55. The van der Waals surface area contributed by atoms with E-state index >= 15 is 0 Å².